The Balaban J connectivity index is 1.45. The molecule has 2 N–H and O–H groups in total. The average molecular weight is 500 g/mol. The van der Waals surface area contributed by atoms with Gasteiger partial charge in [-0.2, -0.15) is 0 Å². The second-order valence-electron chi connectivity index (χ2n) is 7.27. The lowest BCUT2D eigenvalue weighted by Gasteiger charge is -2.16. The Labute approximate surface area is 194 Å². The van der Waals surface area contributed by atoms with Gasteiger partial charge < -0.3 is 29.4 Å². The van der Waals surface area contributed by atoms with Crippen molar-refractivity contribution in [2.24, 2.45) is 0 Å². The van der Waals surface area contributed by atoms with E-state index in [1.165, 1.54) is 0 Å². The number of anilines is 1. The van der Waals surface area contributed by atoms with E-state index >= 15 is 0 Å². The van der Waals surface area contributed by atoms with Crippen molar-refractivity contribution in [3.63, 3.8) is 0 Å². The molecule has 0 atom stereocenters. The summed E-state index contributed by atoms with van der Waals surface area (Å²) in [7, 11) is 1.60. The molecule has 1 heterocycles. The van der Waals surface area contributed by atoms with Gasteiger partial charge in [-0.3, -0.25) is 0 Å². The van der Waals surface area contributed by atoms with E-state index in [1.807, 2.05) is 37.3 Å². The third-order valence-corrected chi connectivity index (χ3v) is 5.65. The van der Waals surface area contributed by atoms with Gasteiger partial charge in [-0.05, 0) is 82.0 Å². The Hall–Kier alpha value is -3.39. The Kier molecular flexibility index (Phi) is 6.41. The smallest absolute Gasteiger partial charge is 0.335 e. The summed E-state index contributed by atoms with van der Waals surface area (Å²) in [5.74, 6) is 1.72. The third-order valence-electron chi connectivity index (χ3n) is 5.07. The third kappa shape index (κ3) is 4.75. The first-order valence-electron chi connectivity index (χ1n) is 9.90. The molecule has 0 spiro atoms. The zero-order valence-corrected chi connectivity index (χ0v) is 19.2. The van der Waals surface area contributed by atoms with Gasteiger partial charge in [0, 0.05) is 12.2 Å². The number of halogens is 1. The molecule has 32 heavy (non-hydrogen) atoms. The first-order chi connectivity index (χ1) is 15.4. The number of carboxylic acid groups (broad SMARTS) is 1. The standard InChI is InChI=1S/C24H22BrNO6/c1-14-7-17(24(27)28)4-5-19(14)26-11-16-8-18(25)23(22(10-16)29-2)30-12-15-3-6-20-21(9-15)32-13-31-20/h3-10,26H,11-13H2,1-2H3,(H,27,28). The largest absolute Gasteiger partial charge is 0.493 e. The molecule has 7 nitrogen and oxygen atoms in total. The van der Waals surface area contributed by atoms with Crippen LogP contribution in [-0.2, 0) is 13.2 Å². The maximum Gasteiger partial charge on any atom is 0.335 e. The van der Waals surface area contributed by atoms with E-state index in [2.05, 4.69) is 21.2 Å². The minimum Gasteiger partial charge on any atom is -0.493 e. The zero-order chi connectivity index (χ0) is 22.7. The molecule has 1 aliphatic heterocycles. The summed E-state index contributed by atoms with van der Waals surface area (Å²) in [6, 6.07) is 14.6. The molecule has 0 fully saturated rings. The van der Waals surface area contributed by atoms with Crippen LogP contribution < -0.4 is 24.3 Å². The summed E-state index contributed by atoms with van der Waals surface area (Å²) in [6.07, 6.45) is 0. The summed E-state index contributed by atoms with van der Waals surface area (Å²) in [6.45, 7) is 2.99. The van der Waals surface area contributed by atoms with Crippen LogP contribution in [0.2, 0.25) is 0 Å². The lowest BCUT2D eigenvalue weighted by molar-refractivity contribution is 0.0697. The lowest BCUT2D eigenvalue weighted by Crippen LogP contribution is -2.04. The van der Waals surface area contributed by atoms with Gasteiger partial charge in [-0.1, -0.05) is 6.07 Å². The number of nitrogens with one attached hydrogen (secondary N) is 1. The molecule has 0 saturated carbocycles. The molecule has 1 aliphatic rings. The molecule has 0 unspecified atom stereocenters. The Morgan fingerprint density at radius 2 is 1.91 bits per heavy atom. The number of carbonyl (C=O) groups is 1. The number of hydrogen-bond donors (Lipinski definition) is 2. The van der Waals surface area contributed by atoms with Crippen LogP contribution in [0.1, 0.15) is 27.0 Å². The number of rotatable bonds is 8. The quantitative estimate of drug-likeness (QED) is 0.429. The molecule has 8 heteroatoms. The fourth-order valence-corrected chi connectivity index (χ4v) is 4.00. The highest BCUT2D eigenvalue weighted by atomic mass is 79.9. The van der Waals surface area contributed by atoms with E-state index < -0.39 is 5.97 Å². The maximum absolute atomic E-state index is 11.1. The molecule has 0 saturated heterocycles. The van der Waals surface area contributed by atoms with Crippen LogP contribution in [0.4, 0.5) is 5.69 Å². The molecule has 0 amide bonds. The van der Waals surface area contributed by atoms with Gasteiger partial charge >= 0.3 is 5.97 Å². The van der Waals surface area contributed by atoms with Gasteiger partial charge in [0.2, 0.25) is 6.79 Å². The predicted molar refractivity (Wildman–Crippen MR) is 123 cm³/mol. The molecule has 0 bridgehead atoms. The van der Waals surface area contributed by atoms with Crippen molar-refractivity contribution in [1.29, 1.82) is 0 Å². The van der Waals surface area contributed by atoms with Gasteiger partial charge in [0.1, 0.15) is 6.61 Å². The number of carboxylic acids is 1. The van der Waals surface area contributed by atoms with Gasteiger partial charge in [0.25, 0.3) is 0 Å². The fraction of sp³-hybridized carbons (Fsp3) is 0.208. The van der Waals surface area contributed by atoms with E-state index in [4.69, 9.17) is 24.1 Å². The van der Waals surface area contributed by atoms with Crippen LogP contribution in [0.5, 0.6) is 23.0 Å². The van der Waals surface area contributed by atoms with Gasteiger partial charge in [-0.15, -0.1) is 0 Å². The monoisotopic (exact) mass is 499 g/mol. The van der Waals surface area contributed by atoms with Gasteiger partial charge in [0.05, 0.1) is 17.1 Å². The van der Waals surface area contributed by atoms with Crippen LogP contribution in [-0.4, -0.2) is 25.0 Å². The topological polar surface area (TPSA) is 86.3 Å². The van der Waals surface area contributed by atoms with E-state index in [1.54, 1.807) is 25.3 Å². The number of methoxy groups -OCH3 is 1. The first kappa shape index (κ1) is 21.8. The normalized spacial score (nSPS) is 11.8. The van der Waals surface area contributed by atoms with Crippen LogP contribution in [0.15, 0.2) is 53.0 Å². The molecular formula is C24H22BrNO6. The SMILES string of the molecule is COc1cc(CNc2ccc(C(=O)O)cc2C)cc(Br)c1OCc1ccc2c(c1)OCO2. The summed E-state index contributed by atoms with van der Waals surface area (Å²) in [4.78, 5) is 11.1. The summed E-state index contributed by atoms with van der Waals surface area (Å²) in [5, 5.41) is 12.5. The lowest BCUT2D eigenvalue weighted by atomic mass is 10.1. The van der Waals surface area contributed by atoms with Crippen LogP contribution >= 0.6 is 15.9 Å². The van der Waals surface area contributed by atoms with Crippen LogP contribution in [0, 0.1) is 6.92 Å². The van der Waals surface area contributed by atoms with E-state index in [-0.39, 0.29) is 12.4 Å². The first-order valence-corrected chi connectivity index (χ1v) is 10.7. The Morgan fingerprint density at radius 3 is 2.66 bits per heavy atom. The Morgan fingerprint density at radius 1 is 1.09 bits per heavy atom. The fourth-order valence-electron chi connectivity index (χ4n) is 3.39. The second-order valence-corrected chi connectivity index (χ2v) is 8.13. The number of benzene rings is 3. The van der Waals surface area contributed by atoms with Gasteiger partial charge in [0.15, 0.2) is 23.0 Å². The highest BCUT2D eigenvalue weighted by Crippen LogP contribution is 2.38. The van der Waals surface area contributed by atoms with Crippen molar-refractivity contribution in [2.45, 2.75) is 20.1 Å². The van der Waals surface area contributed by atoms with E-state index in [0.29, 0.717) is 30.4 Å². The number of aryl methyl sites for hydroxylation is 1. The minimum atomic E-state index is -0.940. The Bertz CT molecular complexity index is 1160. The summed E-state index contributed by atoms with van der Waals surface area (Å²) in [5.41, 5.74) is 3.93. The highest BCUT2D eigenvalue weighted by molar-refractivity contribution is 9.10. The van der Waals surface area contributed by atoms with Crippen molar-refractivity contribution >= 4 is 27.6 Å². The average Bonchev–Trinajstić information content (AvgIpc) is 3.25. The molecule has 3 aromatic carbocycles. The van der Waals surface area contributed by atoms with Crippen LogP contribution in [0.3, 0.4) is 0 Å². The predicted octanol–water partition coefficient (Wildman–Crippen LogP) is 5.38. The molecular weight excluding hydrogens is 478 g/mol. The van der Waals surface area contributed by atoms with E-state index in [0.717, 1.165) is 32.6 Å². The van der Waals surface area contributed by atoms with Crippen molar-refractivity contribution in [2.75, 3.05) is 19.2 Å². The number of hydrogen-bond acceptors (Lipinski definition) is 6. The zero-order valence-electron chi connectivity index (χ0n) is 17.6. The minimum absolute atomic E-state index is 0.234. The van der Waals surface area contributed by atoms with E-state index in [9.17, 15) is 4.79 Å². The molecule has 0 radical (unpaired) electrons. The highest BCUT2D eigenvalue weighted by Gasteiger charge is 2.16. The second kappa shape index (κ2) is 9.40. The number of ether oxygens (including phenoxy) is 4. The van der Waals surface area contributed by atoms with Crippen molar-refractivity contribution < 1.29 is 28.8 Å². The molecule has 166 valence electrons. The van der Waals surface area contributed by atoms with Crippen molar-refractivity contribution in [3.8, 4) is 23.0 Å². The van der Waals surface area contributed by atoms with Crippen molar-refractivity contribution in [1.82, 2.24) is 0 Å². The summed E-state index contributed by atoms with van der Waals surface area (Å²) < 4.78 is 23.1. The van der Waals surface area contributed by atoms with Crippen molar-refractivity contribution in [3.05, 3.63) is 75.3 Å². The number of fused-ring (bicyclic) bond motifs is 1. The van der Waals surface area contributed by atoms with Crippen LogP contribution in [0.25, 0.3) is 0 Å². The molecule has 0 aliphatic carbocycles. The number of aromatic carboxylic acids is 1. The molecule has 4 rings (SSSR count). The maximum atomic E-state index is 11.1. The van der Waals surface area contributed by atoms with Gasteiger partial charge in [-0.25, -0.2) is 4.79 Å². The molecule has 3 aromatic rings. The molecule has 0 aromatic heterocycles. The summed E-state index contributed by atoms with van der Waals surface area (Å²) >= 11 is 3.59.